The van der Waals surface area contributed by atoms with Gasteiger partial charge in [0.05, 0.1) is 11.5 Å². The quantitative estimate of drug-likeness (QED) is 0.508. The highest BCUT2D eigenvalue weighted by Gasteiger charge is 2.31. The average molecular weight is 300 g/mol. The third kappa shape index (κ3) is 4.13. The van der Waals surface area contributed by atoms with E-state index in [0.717, 1.165) is 12.1 Å². The molecular weight excluding hydrogens is 287 g/mol. The fraction of sp³-hybridized carbons (Fsp3) is 0.333. The van der Waals surface area contributed by atoms with Crippen molar-refractivity contribution in [3.8, 4) is 0 Å². The van der Waals surface area contributed by atoms with E-state index in [1.165, 1.54) is 0 Å². The number of unbranched alkanes of at least 4 members (excludes halogenated alkanes) is 1. The Hall–Kier alpha value is -2.71. The van der Waals surface area contributed by atoms with E-state index in [0.29, 0.717) is 18.9 Å². The summed E-state index contributed by atoms with van der Waals surface area (Å²) >= 11 is 0. The van der Waals surface area contributed by atoms with Crippen LogP contribution in [0.2, 0.25) is 0 Å². The minimum atomic E-state index is -1.80. The zero-order valence-corrected chi connectivity index (χ0v) is 11.1. The Balaban J connectivity index is 3.16. The van der Waals surface area contributed by atoms with Crippen LogP contribution in [0.25, 0.3) is 0 Å². The summed E-state index contributed by atoms with van der Waals surface area (Å²) in [6.45, 7) is 1.79. The second kappa shape index (κ2) is 7.17. The number of carboxylic acid groups (broad SMARTS) is 1. The van der Waals surface area contributed by atoms with Crippen molar-refractivity contribution in [3.05, 3.63) is 34.1 Å². The zero-order chi connectivity index (χ0) is 16.0. The minimum absolute atomic E-state index is 0.0108. The number of ether oxygens (including phenoxy) is 1. The molecule has 0 spiro atoms. The molecule has 8 nitrogen and oxygen atoms in total. The van der Waals surface area contributed by atoms with E-state index in [1.54, 1.807) is 0 Å². The van der Waals surface area contributed by atoms with Gasteiger partial charge in [0.15, 0.2) is 0 Å². The molecule has 0 heterocycles. The molecule has 1 N–H and O–H groups in total. The first kappa shape index (κ1) is 16.3. The molecule has 21 heavy (non-hydrogen) atoms. The molecule has 0 saturated carbocycles. The highest BCUT2D eigenvalue weighted by molar-refractivity contribution is 6.10. The topological polar surface area (TPSA) is 110 Å². The van der Waals surface area contributed by atoms with Crippen LogP contribution in [-0.4, -0.2) is 28.8 Å². The number of nitro groups is 1. The number of nitro benzene ring substituents is 1. The molecule has 1 aromatic rings. The number of hydrogen-bond donors (Lipinski definition) is 1. The predicted molar refractivity (Wildman–Crippen MR) is 69.8 cm³/mol. The van der Waals surface area contributed by atoms with Crippen LogP contribution in [0.4, 0.5) is 25.4 Å². The van der Waals surface area contributed by atoms with Crippen LogP contribution in [0.1, 0.15) is 19.8 Å². The monoisotopic (exact) mass is 300 g/mol. The Kier molecular flexibility index (Phi) is 5.58. The van der Waals surface area contributed by atoms with Crippen molar-refractivity contribution in [2.45, 2.75) is 19.8 Å². The molecule has 0 radical (unpaired) electrons. The van der Waals surface area contributed by atoms with E-state index in [-0.39, 0.29) is 11.5 Å². The Morgan fingerprint density at radius 1 is 1.48 bits per heavy atom. The van der Waals surface area contributed by atoms with Gasteiger partial charge < -0.3 is 9.84 Å². The summed E-state index contributed by atoms with van der Waals surface area (Å²) in [5, 5.41) is 19.9. The van der Waals surface area contributed by atoms with Gasteiger partial charge in [0.2, 0.25) is 0 Å². The summed E-state index contributed by atoms with van der Waals surface area (Å²) in [5.74, 6) is -0.914. The first-order valence-corrected chi connectivity index (χ1v) is 6.02. The average Bonchev–Trinajstić information content (AvgIpc) is 2.38. The first-order chi connectivity index (χ1) is 9.88. The fourth-order valence-electron chi connectivity index (χ4n) is 1.48. The lowest BCUT2D eigenvalue weighted by Gasteiger charge is -2.17. The van der Waals surface area contributed by atoms with Crippen molar-refractivity contribution >= 4 is 23.6 Å². The van der Waals surface area contributed by atoms with Crippen molar-refractivity contribution in [2.24, 2.45) is 0 Å². The second-order valence-corrected chi connectivity index (χ2v) is 3.98. The normalized spacial score (nSPS) is 10.0. The van der Waals surface area contributed by atoms with Crippen molar-refractivity contribution in [2.75, 3.05) is 11.5 Å². The number of amides is 2. The Labute approximate surface area is 118 Å². The fourth-order valence-corrected chi connectivity index (χ4v) is 1.48. The number of halogens is 1. The molecule has 0 aliphatic carbocycles. The van der Waals surface area contributed by atoms with Gasteiger partial charge in [-0.05, 0) is 12.5 Å². The molecule has 2 amide bonds. The van der Waals surface area contributed by atoms with Crippen LogP contribution in [0, 0.1) is 15.9 Å². The molecule has 0 unspecified atom stereocenters. The predicted octanol–water partition coefficient (Wildman–Crippen LogP) is 3.16. The second-order valence-electron chi connectivity index (χ2n) is 3.98. The number of imide groups is 1. The van der Waals surface area contributed by atoms with Crippen LogP contribution >= 0.6 is 0 Å². The Morgan fingerprint density at radius 2 is 2.14 bits per heavy atom. The molecule has 0 bridgehead atoms. The van der Waals surface area contributed by atoms with E-state index < -0.39 is 34.3 Å². The lowest BCUT2D eigenvalue weighted by Crippen LogP contribution is -2.37. The van der Waals surface area contributed by atoms with Gasteiger partial charge in [-0.2, -0.15) is 4.90 Å². The van der Waals surface area contributed by atoms with Gasteiger partial charge >= 0.3 is 12.2 Å². The largest absolute Gasteiger partial charge is 0.464 e. The van der Waals surface area contributed by atoms with Crippen molar-refractivity contribution in [1.82, 2.24) is 0 Å². The molecule has 0 fully saturated rings. The van der Waals surface area contributed by atoms with Crippen LogP contribution < -0.4 is 4.90 Å². The van der Waals surface area contributed by atoms with E-state index in [4.69, 9.17) is 9.84 Å². The standard InChI is InChI=1S/C12H13FN2O6/c1-2-3-6-21-12(18)14(11(16)17)10-7-8(13)4-5-9(10)15(19)20/h4-5,7H,2-3,6H2,1H3,(H,16,17). The summed E-state index contributed by atoms with van der Waals surface area (Å²) in [6.07, 6.45) is -1.90. The number of carbonyl (C=O) groups is 2. The molecule has 1 rings (SSSR count). The minimum Gasteiger partial charge on any atom is -0.464 e. The van der Waals surface area contributed by atoms with Gasteiger partial charge in [-0.1, -0.05) is 13.3 Å². The molecule has 0 aliphatic rings. The van der Waals surface area contributed by atoms with Gasteiger partial charge in [-0.15, -0.1) is 0 Å². The molecule has 1 aromatic carbocycles. The summed E-state index contributed by atoms with van der Waals surface area (Å²) in [5.41, 5.74) is -1.42. The Morgan fingerprint density at radius 3 is 2.67 bits per heavy atom. The number of nitrogens with zero attached hydrogens (tertiary/aromatic N) is 2. The molecule has 0 atom stereocenters. The third-order valence-corrected chi connectivity index (χ3v) is 2.47. The number of anilines is 1. The van der Waals surface area contributed by atoms with Gasteiger partial charge in [0.1, 0.15) is 11.5 Å². The zero-order valence-electron chi connectivity index (χ0n) is 11.1. The van der Waals surface area contributed by atoms with Crippen LogP contribution in [-0.2, 0) is 4.74 Å². The number of carbonyl (C=O) groups excluding carboxylic acids is 1. The SMILES string of the molecule is CCCCOC(=O)N(C(=O)O)c1cc(F)ccc1[N+](=O)[O-]. The summed E-state index contributed by atoms with van der Waals surface area (Å²) in [7, 11) is 0. The Bertz CT molecular complexity index is 563. The van der Waals surface area contributed by atoms with Gasteiger partial charge in [-0.3, -0.25) is 10.1 Å². The lowest BCUT2D eigenvalue weighted by atomic mass is 10.2. The van der Waals surface area contributed by atoms with Crippen molar-refractivity contribution < 1.29 is 28.7 Å². The maximum absolute atomic E-state index is 13.2. The summed E-state index contributed by atoms with van der Waals surface area (Å²) < 4.78 is 17.9. The van der Waals surface area contributed by atoms with Crippen molar-refractivity contribution in [1.29, 1.82) is 0 Å². The molecule has 0 aromatic heterocycles. The van der Waals surface area contributed by atoms with E-state index in [2.05, 4.69) is 0 Å². The molecular formula is C12H13FN2O6. The number of hydrogen-bond acceptors (Lipinski definition) is 5. The van der Waals surface area contributed by atoms with Gasteiger partial charge in [0.25, 0.3) is 5.69 Å². The highest BCUT2D eigenvalue weighted by atomic mass is 19.1. The molecule has 0 saturated heterocycles. The van der Waals surface area contributed by atoms with E-state index >= 15 is 0 Å². The van der Waals surface area contributed by atoms with Gasteiger partial charge in [-0.25, -0.2) is 14.0 Å². The maximum Gasteiger partial charge on any atom is 0.424 e. The van der Waals surface area contributed by atoms with Crippen LogP contribution in [0.3, 0.4) is 0 Å². The third-order valence-electron chi connectivity index (χ3n) is 2.47. The molecule has 0 aliphatic heterocycles. The molecule has 114 valence electrons. The maximum atomic E-state index is 13.2. The van der Waals surface area contributed by atoms with Crippen molar-refractivity contribution in [3.63, 3.8) is 0 Å². The summed E-state index contributed by atoms with van der Waals surface area (Å²) in [4.78, 5) is 32.8. The van der Waals surface area contributed by atoms with E-state index in [9.17, 15) is 24.1 Å². The number of rotatable bonds is 5. The summed E-state index contributed by atoms with van der Waals surface area (Å²) in [6, 6.07) is 2.16. The lowest BCUT2D eigenvalue weighted by molar-refractivity contribution is -0.384. The van der Waals surface area contributed by atoms with Crippen LogP contribution in [0.15, 0.2) is 18.2 Å². The van der Waals surface area contributed by atoms with E-state index in [1.807, 2.05) is 6.92 Å². The molecule has 9 heteroatoms. The van der Waals surface area contributed by atoms with Crippen LogP contribution in [0.5, 0.6) is 0 Å². The smallest absolute Gasteiger partial charge is 0.424 e. The number of benzene rings is 1. The highest BCUT2D eigenvalue weighted by Crippen LogP contribution is 2.29. The van der Waals surface area contributed by atoms with Gasteiger partial charge in [0, 0.05) is 12.1 Å². The first-order valence-electron chi connectivity index (χ1n) is 6.02.